The van der Waals surface area contributed by atoms with Crippen molar-refractivity contribution < 1.29 is 27.5 Å². The van der Waals surface area contributed by atoms with E-state index in [0.717, 1.165) is 0 Å². The fourth-order valence-electron chi connectivity index (χ4n) is 1.75. The van der Waals surface area contributed by atoms with Crippen LogP contribution in [0.25, 0.3) is 17.1 Å². The van der Waals surface area contributed by atoms with Gasteiger partial charge in [0.2, 0.25) is 5.43 Å². The molecule has 0 radical (unpaired) electrons. The lowest BCUT2D eigenvalue weighted by Gasteiger charge is -2.09. The highest BCUT2D eigenvalue weighted by molar-refractivity contribution is 5.93. The van der Waals surface area contributed by atoms with E-state index in [9.17, 15) is 27.2 Å². The number of carboxylic acids is 1. The highest BCUT2D eigenvalue weighted by Gasteiger charge is 2.21. The molecule has 4 nitrogen and oxygen atoms in total. The Labute approximate surface area is 108 Å². The predicted octanol–water partition coefficient (Wildman–Crippen LogP) is 2.51. The van der Waals surface area contributed by atoms with Gasteiger partial charge in [-0.05, 0) is 6.07 Å². The molecule has 0 fully saturated rings. The van der Waals surface area contributed by atoms with Crippen molar-refractivity contribution in [3.63, 3.8) is 0 Å². The summed E-state index contributed by atoms with van der Waals surface area (Å²) in [6.45, 7) is 0. The summed E-state index contributed by atoms with van der Waals surface area (Å²) in [6, 6.07) is 0.366. The van der Waals surface area contributed by atoms with E-state index in [1.54, 1.807) is 0 Å². The molecule has 0 aliphatic carbocycles. The summed E-state index contributed by atoms with van der Waals surface area (Å²) in [6.07, 6.45) is 1.11. The molecule has 0 aliphatic heterocycles. The summed E-state index contributed by atoms with van der Waals surface area (Å²) in [5.74, 6) is -6.87. The number of hydrogen-bond acceptors (Lipinski definition) is 2. The maximum Gasteiger partial charge on any atom is 0.341 e. The van der Waals surface area contributed by atoms with Gasteiger partial charge in [-0.1, -0.05) is 0 Å². The van der Waals surface area contributed by atoms with Gasteiger partial charge in [-0.25, -0.2) is 22.4 Å². The average molecular weight is 287 g/mol. The summed E-state index contributed by atoms with van der Waals surface area (Å²) in [7, 11) is 0. The van der Waals surface area contributed by atoms with Crippen molar-refractivity contribution in [2.24, 2.45) is 0 Å². The third-order valence-corrected chi connectivity index (χ3v) is 2.60. The van der Waals surface area contributed by atoms with Crippen molar-refractivity contribution >= 4 is 23.1 Å². The fraction of sp³-hybridized carbons (Fsp3) is 0. The number of hydrogen-bond donors (Lipinski definition) is 1. The number of fused-ring (bicyclic) bond motifs is 1. The van der Waals surface area contributed by atoms with Gasteiger partial charge in [0.05, 0.1) is 10.9 Å². The molecule has 0 spiro atoms. The zero-order valence-corrected chi connectivity index (χ0v) is 9.53. The maximum absolute atomic E-state index is 13.7. The van der Waals surface area contributed by atoms with E-state index in [4.69, 9.17) is 5.11 Å². The summed E-state index contributed by atoms with van der Waals surface area (Å²) in [5, 5.41) is 8.11. The molecule has 0 atom stereocenters. The van der Waals surface area contributed by atoms with Crippen LogP contribution in [0.2, 0.25) is 0 Å². The largest absolute Gasteiger partial charge is 0.477 e. The number of benzene rings is 1. The van der Waals surface area contributed by atoms with E-state index in [1.165, 1.54) is 0 Å². The van der Waals surface area contributed by atoms with Crippen molar-refractivity contribution in [1.29, 1.82) is 0 Å². The Morgan fingerprint density at radius 2 is 1.90 bits per heavy atom. The van der Waals surface area contributed by atoms with Crippen molar-refractivity contribution in [3.05, 3.63) is 51.8 Å². The molecular weight excluding hydrogens is 282 g/mol. The molecule has 0 unspecified atom stereocenters. The van der Waals surface area contributed by atoms with Gasteiger partial charge in [0.25, 0.3) is 0 Å². The van der Waals surface area contributed by atoms with E-state index in [2.05, 4.69) is 0 Å². The molecule has 1 aromatic carbocycles. The molecule has 1 heterocycles. The first-order valence-corrected chi connectivity index (χ1v) is 5.11. The lowest BCUT2D eigenvalue weighted by atomic mass is 10.1. The van der Waals surface area contributed by atoms with Crippen LogP contribution in [-0.2, 0) is 0 Å². The van der Waals surface area contributed by atoms with E-state index < -0.39 is 45.3 Å². The third-order valence-electron chi connectivity index (χ3n) is 2.60. The predicted molar refractivity (Wildman–Crippen MR) is 61.5 cm³/mol. The van der Waals surface area contributed by atoms with Gasteiger partial charge in [0.1, 0.15) is 11.9 Å². The van der Waals surface area contributed by atoms with Gasteiger partial charge in [0.15, 0.2) is 17.5 Å². The molecule has 1 N–H and O–H groups in total. The quantitative estimate of drug-likeness (QED) is 0.682. The lowest BCUT2D eigenvalue weighted by molar-refractivity contribution is 0.0695. The molecule has 2 aromatic rings. The number of pyridine rings is 1. The van der Waals surface area contributed by atoms with Crippen molar-refractivity contribution in [3.8, 4) is 0 Å². The van der Waals surface area contributed by atoms with Crippen molar-refractivity contribution in [1.82, 2.24) is 4.57 Å². The van der Waals surface area contributed by atoms with Gasteiger partial charge in [-0.3, -0.25) is 4.79 Å². The normalized spacial score (nSPS) is 11.4. The number of aromatic carboxylic acids is 1. The second-order valence-electron chi connectivity index (χ2n) is 3.74. The number of aromatic nitrogens is 1. The molecule has 0 amide bonds. The molecule has 0 saturated carbocycles. The second kappa shape index (κ2) is 4.80. The van der Waals surface area contributed by atoms with Crippen LogP contribution in [0.15, 0.2) is 23.4 Å². The van der Waals surface area contributed by atoms with E-state index in [1.807, 2.05) is 0 Å². The first-order chi connectivity index (χ1) is 9.38. The highest BCUT2D eigenvalue weighted by Crippen LogP contribution is 2.22. The monoisotopic (exact) mass is 287 g/mol. The van der Waals surface area contributed by atoms with E-state index >= 15 is 0 Å². The van der Waals surface area contributed by atoms with Gasteiger partial charge in [-0.15, -0.1) is 0 Å². The number of halogens is 4. The number of nitrogens with zero attached hydrogens (tertiary/aromatic N) is 1. The summed E-state index contributed by atoms with van der Waals surface area (Å²) in [5.41, 5.74) is -2.79. The fourth-order valence-corrected chi connectivity index (χ4v) is 1.75. The minimum absolute atomic E-state index is 0.0732. The average Bonchev–Trinajstić information content (AvgIpc) is 2.39. The molecule has 1 aromatic heterocycles. The van der Waals surface area contributed by atoms with Crippen LogP contribution in [-0.4, -0.2) is 15.6 Å². The topological polar surface area (TPSA) is 59.3 Å². The van der Waals surface area contributed by atoms with E-state index in [0.29, 0.717) is 23.0 Å². The van der Waals surface area contributed by atoms with Crippen LogP contribution in [0.1, 0.15) is 10.4 Å². The maximum atomic E-state index is 13.7. The molecule has 2 rings (SSSR count). The summed E-state index contributed by atoms with van der Waals surface area (Å²) >= 11 is 0. The van der Waals surface area contributed by atoms with Crippen LogP contribution in [0.4, 0.5) is 17.6 Å². The zero-order valence-electron chi connectivity index (χ0n) is 9.53. The third kappa shape index (κ3) is 1.94. The van der Waals surface area contributed by atoms with Crippen LogP contribution >= 0.6 is 0 Å². The van der Waals surface area contributed by atoms with E-state index in [-0.39, 0.29) is 6.33 Å². The Hall–Kier alpha value is -2.64. The standard InChI is InChI=1S/C12H5F4NO3/c13-1-2-17-4-6(12(19)20)11(18)5-3-7(14)8(15)9(16)10(5)17/h1-4H,(H,19,20). The van der Waals surface area contributed by atoms with Crippen molar-refractivity contribution in [2.45, 2.75) is 0 Å². The zero-order chi connectivity index (χ0) is 15.0. The Bertz CT molecular complexity index is 811. The molecular formula is C12H5F4NO3. The molecule has 0 saturated heterocycles. The number of carbonyl (C=O) groups is 1. The van der Waals surface area contributed by atoms with Crippen LogP contribution in [0.5, 0.6) is 0 Å². The summed E-state index contributed by atoms with van der Waals surface area (Å²) in [4.78, 5) is 22.6. The molecule has 20 heavy (non-hydrogen) atoms. The Morgan fingerprint density at radius 1 is 1.25 bits per heavy atom. The molecule has 104 valence electrons. The molecule has 0 aliphatic rings. The number of carboxylic acid groups (broad SMARTS) is 1. The minimum atomic E-state index is -1.85. The van der Waals surface area contributed by atoms with Crippen LogP contribution in [0, 0.1) is 17.5 Å². The smallest absolute Gasteiger partial charge is 0.341 e. The molecule has 0 bridgehead atoms. The van der Waals surface area contributed by atoms with Gasteiger partial charge >= 0.3 is 5.97 Å². The van der Waals surface area contributed by atoms with Gasteiger partial charge < -0.3 is 9.67 Å². The number of rotatable bonds is 2. The van der Waals surface area contributed by atoms with Gasteiger partial charge in [0, 0.05) is 12.4 Å². The first kappa shape index (κ1) is 13.8. The lowest BCUT2D eigenvalue weighted by Crippen LogP contribution is -2.19. The van der Waals surface area contributed by atoms with Crippen LogP contribution in [0.3, 0.4) is 0 Å². The minimum Gasteiger partial charge on any atom is -0.477 e. The van der Waals surface area contributed by atoms with Crippen molar-refractivity contribution in [2.75, 3.05) is 0 Å². The Balaban J connectivity index is 3.10. The Morgan fingerprint density at radius 3 is 2.45 bits per heavy atom. The second-order valence-corrected chi connectivity index (χ2v) is 3.74. The summed E-state index contributed by atoms with van der Waals surface area (Å²) < 4.78 is 52.8. The Kier molecular flexibility index (Phi) is 3.31. The first-order valence-electron chi connectivity index (χ1n) is 5.11. The van der Waals surface area contributed by atoms with Gasteiger partial charge in [-0.2, -0.15) is 0 Å². The SMILES string of the molecule is O=C(O)c1cn(C=CF)c2c(F)c(F)c(F)cc2c1=O. The van der Waals surface area contributed by atoms with Crippen LogP contribution < -0.4 is 5.43 Å². The molecule has 8 heteroatoms. The highest BCUT2D eigenvalue weighted by atomic mass is 19.2.